The van der Waals surface area contributed by atoms with Crippen LogP contribution in [0.2, 0.25) is 0 Å². The van der Waals surface area contributed by atoms with E-state index >= 15 is 0 Å². The minimum absolute atomic E-state index is 0.355. The lowest BCUT2D eigenvalue weighted by atomic mass is 10.2. The van der Waals surface area contributed by atoms with Gasteiger partial charge < -0.3 is 9.05 Å². The Morgan fingerprint density at radius 3 is 2.44 bits per heavy atom. The second-order valence-electron chi connectivity index (χ2n) is 3.86. The van der Waals surface area contributed by atoms with Crippen molar-refractivity contribution in [3.63, 3.8) is 0 Å². The fraction of sp³-hybridized carbons (Fsp3) is 0.385. The van der Waals surface area contributed by atoms with Gasteiger partial charge in [0, 0.05) is 9.58 Å². The third-order valence-electron chi connectivity index (χ3n) is 2.48. The van der Waals surface area contributed by atoms with Crippen LogP contribution in [0, 0.1) is 0 Å². The van der Waals surface area contributed by atoms with Gasteiger partial charge in [-0.3, -0.25) is 4.57 Å². The summed E-state index contributed by atoms with van der Waals surface area (Å²) >= 11 is 1.64. The van der Waals surface area contributed by atoms with Crippen LogP contribution in [-0.2, 0) is 19.8 Å². The van der Waals surface area contributed by atoms with Crippen LogP contribution in [0.3, 0.4) is 0 Å². The molecule has 1 aromatic heterocycles. The number of benzene rings is 1. The Bertz CT molecular complexity index is 521. The Labute approximate surface area is 111 Å². The molecular formula is C13H17O3PS. The van der Waals surface area contributed by atoms with Crippen LogP contribution in [-0.4, -0.2) is 13.2 Å². The molecule has 0 unspecified atom stereocenters. The van der Waals surface area contributed by atoms with Gasteiger partial charge in [0.25, 0.3) is 0 Å². The van der Waals surface area contributed by atoms with Crippen LogP contribution in [0.25, 0.3) is 10.1 Å². The first-order valence-corrected chi connectivity index (χ1v) is 8.57. The average molecular weight is 284 g/mol. The van der Waals surface area contributed by atoms with Crippen LogP contribution in [0.4, 0.5) is 0 Å². The minimum atomic E-state index is -2.99. The number of rotatable bonds is 6. The highest BCUT2D eigenvalue weighted by Gasteiger charge is 2.25. The lowest BCUT2D eigenvalue weighted by Crippen LogP contribution is -1.97. The van der Waals surface area contributed by atoms with E-state index in [1.165, 1.54) is 10.1 Å². The van der Waals surface area contributed by atoms with E-state index in [0.29, 0.717) is 19.4 Å². The van der Waals surface area contributed by atoms with Crippen molar-refractivity contribution >= 4 is 29.0 Å². The smallest absolute Gasteiger partial charge is 0.309 e. The highest BCUT2D eigenvalue weighted by Crippen LogP contribution is 2.52. The SMILES string of the molecule is CCOP(=O)(Cc1cc2ccccc2s1)OCC. The highest BCUT2D eigenvalue weighted by atomic mass is 32.1. The second-order valence-corrected chi connectivity index (χ2v) is 7.08. The molecule has 0 bridgehead atoms. The van der Waals surface area contributed by atoms with Crippen molar-refractivity contribution in [2.24, 2.45) is 0 Å². The maximum atomic E-state index is 12.4. The summed E-state index contributed by atoms with van der Waals surface area (Å²) in [5, 5.41) is 1.18. The molecule has 0 saturated carbocycles. The number of hydrogen-bond acceptors (Lipinski definition) is 4. The van der Waals surface area contributed by atoms with E-state index in [0.717, 1.165) is 4.88 Å². The van der Waals surface area contributed by atoms with E-state index < -0.39 is 7.60 Å². The van der Waals surface area contributed by atoms with E-state index in [1.54, 1.807) is 11.3 Å². The van der Waals surface area contributed by atoms with Crippen molar-refractivity contribution in [3.05, 3.63) is 35.2 Å². The summed E-state index contributed by atoms with van der Waals surface area (Å²) < 4.78 is 24.2. The van der Waals surface area contributed by atoms with E-state index in [-0.39, 0.29) is 0 Å². The second kappa shape index (κ2) is 5.98. The van der Waals surface area contributed by atoms with Crippen LogP contribution in [0.15, 0.2) is 30.3 Å². The molecule has 3 nitrogen and oxygen atoms in total. The topological polar surface area (TPSA) is 35.5 Å². The molecule has 1 heterocycles. The van der Waals surface area contributed by atoms with Crippen molar-refractivity contribution in [2.45, 2.75) is 20.0 Å². The average Bonchev–Trinajstić information content (AvgIpc) is 2.70. The van der Waals surface area contributed by atoms with Crippen molar-refractivity contribution in [3.8, 4) is 0 Å². The Morgan fingerprint density at radius 2 is 1.83 bits per heavy atom. The number of thiophene rings is 1. The highest BCUT2D eigenvalue weighted by molar-refractivity contribution is 7.53. The monoisotopic (exact) mass is 284 g/mol. The molecule has 18 heavy (non-hydrogen) atoms. The van der Waals surface area contributed by atoms with Crippen LogP contribution in [0.5, 0.6) is 0 Å². The number of fused-ring (bicyclic) bond motifs is 1. The zero-order valence-corrected chi connectivity index (χ0v) is 12.3. The summed E-state index contributed by atoms with van der Waals surface area (Å²) in [6.07, 6.45) is 0.355. The van der Waals surface area contributed by atoms with Crippen molar-refractivity contribution in [2.75, 3.05) is 13.2 Å². The molecule has 2 rings (SSSR count). The molecule has 0 aliphatic rings. The van der Waals surface area contributed by atoms with Crippen LogP contribution < -0.4 is 0 Å². The van der Waals surface area contributed by atoms with Gasteiger partial charge in [0.2, 0.25) is 0 Å². The molecule has 0 radical (unpaired) electrons. The standard InChI is InChI=1S/C13H17O3PS/c1-3-15-17(14,16-4-2)10-12-9-11-7-5-6-8-13(11)18-12/h5-9H,3-4,10H2,1-2H3. The quantitative estimate of drug-likeness (QED) is 0.723. The summed E-state index contributed by atoms with van der Waals surface area (Å²) in [5.41, 5.74) is 0. The summed E-state index contributed by atoms with van der Waals surface area (Å²) in [6, 6.07) is 10.2. The predicted molar refractivity (Wildman–Crippen MR) is 76.4 cm³/mol. The summed E-state index contributed by atoms with van der Waals surface area (Å²) in [7, 11) is -2.99. The Kier molecular flexibility index (Phi) is 4.57. The number of hydrogen-bond donors (Lipinski definition) is 0. The Hall–Kier alpha value is -0.670. The van der Waals surface area contributed by atoms with Gasteiger partial charge in [0.1, 0.15) is 0 Å². The van der Waals surface area contributed by atoms with Gasteiger partial charge in [-0.25, -0.2) is 0 Å². The lowest BCUT2D eigenvalue weighted by Gasteiger charge is -2.15. The molecular weight excluding hydrogens is 267 g/mol. The van der Waals surface area contributed by atoms with Gasteiger partial charge in [0.05, 0.1) is 19.4 Å². The van der Waals surface area contributed by atoms with Crippen LogP contribution in [0.1, 0.15) is 18.7 Å². The Balaban J connectivity index is 2.23. The summed E-state index contributed by atoms with van der Waals surface area (Å²) in [5.74, 6) is 0. The zero-order valence-electron chi connectivity index (χ0n) is 10.6. The van der Waals surface area contributed by atoms with Gasteiger partial charge >= 0.3 is 7.60 Å². The molecule has 2 aromatic rings. The molecule has 0 spiro atoms. The van der Waals surface area contributed by atoms with E-state index in [4.69, 9.17) is 9.05 Å². The summed E-state index contributed by atoms with van der Waals surface area (Å²) in [4.78, 5) is 1.04. The lowest BCUT2D eigenvalue weighted by molar-refractivity contribution is 0.219. The molecule has 1 aromatic carbocycles. The van der Waals surface area contributed by atoms with Crippen LogP contribution >= 0.6 is 18.9 Å². The molecule has 0 N–H and O–H groups in total. The van der Waals surface area contributed by atoms with E-state index in [1.807, 2.05) is 26.0 Å². The fourth-order valence-corrected chi connectivity index (χ4v) is 4.94. The zero-order chi connectivity index (χ0) is 13.0. The van der Waals surface area contributed by atoms with Crippen molar-refractivity contribution in [1.82, 2.24) is 0 Å². The third-order valence-corrected chi connectivity index (χ3v) is 5.84. The largest absolute Gasteiger partial charge is 0.335 e. The molecule has 0 aliphatic heterocycles. The Morgan fingerprint density at radius 1 is 1.17 bits per heavy atom. The fourth-order valence-electron chi connectivity index (χ4n) is 1.83. The van der Waals surface area contributed by atoms with Crippen molar-refractivity contribution in [1.29, 1.82) is 0 Å². The first kappa shape index (κ1) is 13.8. The first-order valence-electron chi connectivity index (χ1n) is 6.02. The van der Waals surface area contributed by atoms with E-state index in [2.05, 4.69) is 18.2 Å². The molecule has 0 aliphatic carbocycles. The van der Waals surface area contributed by atoms with Gasteiger partial charge in [-0.15, -0.1) is 11.3 Å². The maximum absolute atomic E-state index is 12.4. The predicted octanol–water partition coefficient (Wildman–Crippen LogP) is 4.67. The summed E-state index contributed by atoms with van der Waals surface area (Å²) in [6.45, 7) is 4.47. The van der Waals surface area contributed by atoms with Crippen molar-refractivity contribution < 1.29 is 13.6 Å². The normalized spacial score (nSPS) is 12.1. The first-order chi connectivity index (χ1) is 8.67. The maximum Gasteiger partial charge on any atom is 0.335 e. The van der Waals surface area contributed by atoms with Gasteiger partial charge in [-0.05, 0) is 31.4 Å². The molecule has 0 fully saturated rings. The molecule has 5 heteroatoms. The molecule has 0 amide bonds. The van der Waals surface area contributed by atoms with Gasteiger partial charge in [-0.1, -0.05) is 18.2 Å². The van der Waals surface area contributed by atoms with E-state index in [9.17, 15) is 4.57 Å². The third kappa shape index (κ3) is 3.21. The van der Waals surface area contributed by atoms with Gasteiger partial charge in [0.15, 0.2) is 0 Å². The molecule has 0 atom stereocenters. The molecule has 98 valence electrons. The molecule has 0 saturated heterocycles. The minimum Gasteiger partial charge on any atom is -0.309 e. The van der Waals surface area contributed by atoms with Gasteiger partial charge in [-0.2, -0.15) is 0 Å².